The van der Waals surface area contributed by atoms with Crippen molar-refractivity contribution in [2.24, 2.45) is 5.18 Å². The molecule has 1 amide bonds. The molecule has 0 saturated carbocycles. The van der Waals surface area contributed by atoms with Crippen LogP contribution in [0.2, 0.25) is 0 Å². The van der Waals surface area contributed by atoms with Crippen molar-refractivity contribution in [2.75, 3.05) is 0 Å². The summed E-state index contributed by atoms with van der Waals surface area (Å²) >= 11 is 0. The van der Waals surface area contributed by atoms with Gasteiger partial charge >= 0.3 is 5.91 Å². The van der Waals surface area contributed by atoms with Crippen LogP contribution in [0.3, 0.4) is 0 Å². The average Bonchev–Trinajstić information content (AvgIpc) is 2.17. The Kier molecular flexibility index (Phi) is 2.66. The zero-order valence-corrected chi connectivity index (χ0v) is 6.23. The van der Waals surface area contributed by atoms with E-state index in [9.17, 15) is 9.70 Å². The van der Waals surface area contributed by atoms with E-state index in [1.807, 2.05) is 0 Å². The molecule has 0 saturated heterocycles. The molecule has 1 aromatic rings. The van der Waals surface area contributed by atoms with E-state index in [2.05, 4.69) is 5.18 Å². The molecule has 0 aliphatic carbocycles. The van der Waals surface area contributed by atoms with Gasteiger partial charge in [-0.15, -0.1) is 4.91 Å². The molecular weight excluding hydrogens is 158 g/mol. The number of aliphatic hydroxyl groups is 1. The van der Waals surface area contributed by atoms with E-state index in [1.165, 1.54) is 12.1 Å². The van der Waals surface area contributed by atoms with Gasteiger partial charge in [-0.2, -0.15) is 0 Å². The van der Waals surface area contributed by atoms with Crippen LogP contribution in [-0.4, -0.2) is 11.0 Å². The van der Waals surface area contributed by atoms with E-state index < -0.39 is 5.91 Å². The van der Waals surface area contributed by atoms with Crippen LogP contribution in [0.4, 0.5) is 0 Å². The molecule has 4 nitrogen and oxygen atoms in total. The lowest BCUT2D eigenvalue weighted by molar-refractivity contribution is 0.100. The van der Waals surface area contributed by atoms with E-state index in [0.717, 1.165) is 0 Å². The first-order valence-corrected chi connectivity index (χ1v) is 3.35. The summed E-state index contributed by atoms with van der Waals surface area (Å²) in [5.74, 6) is -0.792. The van der Waals surface area contributed by atoms with E-state index in [4.69, 9.17) is 5.11 Å². The highest BCUT2D eigenvalue weighted by atomic mass is 16.3. The first kappa shape index (κ1) is 8.55. The Bertz CT molecular complexity index is 292. The molecule has 0 unspecified atom stereocenters. The van der Waals surface area contributed by atoms with Crippen LogP contribution in [0.25, 0.3) is 0 Å². The fraction of sp³-hybridized carbons (Fsp3) is 0.125. The Morgan fingerprint density at radius 2 is 1.92 bits per heavy atom. The molecule has 12 heavy (non-hydrogen) atoms. The van der Waals surface area contributed by atoms with E-state index in [0.29, 0.717) is 5.56 Å². The summed E-state index contributed by atoms with van der Waals surface area (Å²) in [7, 11) is 0. The maximum absolute atomic E-state index is 10.7. The largest absolute Gasteiger partial charge is 0.392 e. The molecule has 1 rings (SSSR count). The second-order valence-electron chi connectivity index (χ2n) is 2.25. The molecule has 0 bridgehead atoms. The summed E-state index contributed by atoms with van der Waals surface area (Å²) in [4.78, 5) is 20.5. The molecule has 1 N–H and O–H groups in total. The van der Waals surface area contributed by atoms with Gasteiger partial charge < -0.3 is 5.11 Å². The smallest absolute Gasteiger partial charge is 0.316 e. The van der Waals surface area contributed by atoms with Crippen molar-refractivity contribution in [3.63, 3.8) is 0 Å². The fourth-order valence-corrected chi connectivity index (χ4v) is 0.805. The van der Waals surface area contributed by atoms with Crippen LogP contribution in [0, 0.1) is 4.91 Å². The predicted molar refractivity (Wildman–Crippen MR) is 42.5 cm³/mol. The van der Waals surface area contributed by atoms with Gasteiger partial charge in [-0.05, 0) is 17.7 Å². The second-order valence-corrected chi connectivity index (χ2v) is 2.25. The first-order chi connectivity index (χ1) is 5.77. The quantitative estimate of drug-likeness (QED) is 0.667. The van der Waals surface area contributed by atoms with Crippen molar-refractivity contribution in [2.45, 2.75) is 6.61 Å². The Morgan fingerprint density at radius 3 is 2.33 bits per heavy atom. The third-order valence-electron chi connectivity index (χ3n) is 1.47. The third-order valence-corrected chi connectivity index (χ3v) is 1.47. The monoisotopic (exact) mass is 165 g/mol. The molecule has 1 aromatic carbocycles. The number of carbonyl (C=O) groups excluding carboxylic acids is 1. The van der Waals surface area contributed by atoms with E-state index in [-0.39, 0.29) is 12.2 Å². The van der Waals surface area contributed by atoms with Crippen molar-refractivity contribution < 1.29 is 9.90 Å². The maximum atomic E-state index is 10.7. The molecule has 0 aromatic heterocycles. The summed E-state index contributed by atoms with van der Waals surface area (Å²) < 4.78 is 0. The van der Waals surface area contributed by atoms with Crippen molar-refractivity contribution in [1.82, 2.24) is 0 Å². The number of nitroso groups, excluding NO2 is 1. The van der Waals surface area contributed by atoms with Crippen LogP contribution >= 0.6 is 0 Å². The topological polar surface area (TPSA) is 66.7 Å². The summed E-state index contributed by atoms with van der Waals surface area (Å²) in [6.07, 6.45) is 0. The van der Waals surface area contributed by atoms with Crippen molar-refractivity contribution in [1.29, 1.82) is 0 Å². The van der Waals surface area contributed by atoms with Gasteiger partial charge in [0.25, 0.3) is 0 Å². The lowest BCUT2D eigenvalue weighted by Gasteiger charge is -1.95. The van der Waals surface area contributed by atoms with Gasteiger partial charge in [0.2, 0.25) is 0 Å². The van der Waals surface area contributed by atoms with Crippen LogP contribution in [0.1, 0.15) is 15.9 Å². The highest BCUT2D eigenvalue weighted by Crippen LogP contribution is 2.05. The van der Waals surface area contributed by atoms with Gasteiger partial charge in [0.15, 0.2) is 0 Å². The van der Waals surface area contributed by atoms with E-state index >= 15 is 0 Å². The standard InChI is InChI=1S/C8H7NO3/c10-5-6-1-3-7(4-2-6)8(11)9-12/h1-4,10H,5H2. The summed E-state index contributed by atoms with van der Waals surface area (Å²) in [6, 6.07) is 6.04. The SMILES string of the molecule is O=NC(=O)c1ccc(CO)cc1. The number of carbonyl (C=O) groups is 1. The minimum absolute atomic E-state index is 0.0804. The Balaban J connectivity index is 2.91. The zero-order chi connectivity index (χ0) is 8.97. The minimum atomic E-state index is -0.792. The van der Waals surface area contributed by atoms with Crippen molar-refractivity contribution >= 4 is 5.91 Å². The van der Waals surface area contributed by atoms with Gasteiger partial charge in [-0.1, -0.05) is 12.1 Å². The Hall–Kier alpha value is -1.55. The lowest BCUT2D eigenvalue weighted by Crippen LogP contribution is -1.93. The van der Waals surface area contributed by atoms with Gasteiger partial charge in [0.1, 0.15) is 0 Å². The Labute approximate surface area is 68.8 Å². The van der Waals surface area contributed by atoms with E-state index in [1.54, 1.807) is 12.1 Å². The molecule has 4 heteroatoms. The lowest BCUT2D eigenvalue weighted by atomic mass is 10.1. The molecule has 0 heterocycles. The maximum Gasteiger partial charge on any atom is 0.316 e. The fourth-order valence-electron chi connectivity index (χ4n) is 0.805. The average molecular weight is 165 g/mol. The first-order valence-electron chi connectivity index (χ1n) is 3.35. The molecular formula is C8H7NO3. The van der Waals surface area contributed by atoms with Crippen LogP contribution < -0.4 is 0 Å². The van der Waals surface area contributed by atoms with Crippen LogP contribution in [0.15, 0.2) is 29.4 Å². The number of benzene rings is 1. The molecule has 0 radical (unpaired) electrons. The highest BCUT2D eigenvalue weighted by Gasteiger charge is 2.03. The van der Waals surface area contributed by atoms with Crippen LogP contribution in [0.5, 0.6) is 0 Å². The normalized spacial score (nSPS) is 9.42. The van der Waals surface area contributed by atoms with Crippen molar-refractivity contribution in [3.8, 4) is 0 Å². The number of amides is 1. The summed E-state index contributed by atoms with van der Waals surface area (Å²) in [5.41, 5.74) is 0.930. The molecule has 0 fully saturated rings. The number of nitrogens with zero attached hydrogens (tertiary/aromatic N) is 1. The molecule has 62 valence electrons. The highest BCUT2D eigenvalue weighted by molar-refractivity contribution is 5.94. The number of hydrogen-bond donors (Lipinski definition) is 1. The molecule has 0 spiro atoms. The second kappa shape index (κ2) is 3.73. The van der Waals surface area contributed by atoms with Gasteiger partial charge in [0, 0.05) is 10.7 Å². The van der Waals surface area contributed by atoms with Gasteiger partial charge in [0.05, 0.1) is 6.61 Å². The molecule has 0 aliphatic heterocycles. The number of aliphatic hydroxyl groups excluding tert-OH is 1. The molecule has 0 atom stereocenters. The number of hydrogen-bond acceptors (Lipinski definition) is 3. The zero-order valence-electron chi connectivity index (χ0n) is 6.23. The van der Waals surface area contributed by atoms with Gasteiger partial charge in [-0.25, -0.2) is 0 Å². The molecule has 0 aliphatic rings. The summed E-state index contributed by atoms with van der Waals surface area (Å²) in [5, 5.41) is 10.9. The third kappa shape index (κ3) is 1.73. The number of rotatable bonds is 2. The van der Waals surface area contributed by atoms with Gasteiger partial charge in [-0.3, -0.25) is 4.79 Å². The Morgan fingerprint density at radius 1 is 1.33 bits per heavy atom. The van der Waals surface area contributed by atoms with Crippen molar-refractivity contribution in [3.05, 3.63) is 40.3 Å². The minimum Gasteiger partial charge on any atom is -0.392 e. The van der Waals surface area contributed by atoms with Crippen LogP contribution in [-0.2, 0) is 6.61 Å². The summed E-state index contributed by atoms with van der Waals surface area (Å²) in [6.45, 7) is -0.0804. The predicted octanol–water partition coefficient (Wildman–Crippen LogP) is 1.09.